The Labute approximate surface area is 135 Å². The van der Waals surface area contributed by atoms with Crippen molar-refractivity contribution >= 4 is 17.6 Å². The molecule has 2 aromatic rings. The van der Waals surface area contributed by atoms with Crippen LogP contribution in [0.2, 0.25) is 0 Å². The lowest BCUT2D eigenvalue weighted by Gasteiger charge is -2.12. The summed E-state index contributed by atoms with van der Waals surface area (Å²) in [4.78, 5) is 15.2. The van der Waals surface area contributed by atoms with E-state index in [1.165, 1.54) is 0 Å². The van der Waals surface area contributed by atoms with Crippen LogP contribution in [0.4, 0.5) is 0 Å². The summed E-state index contributed by atoms with van der Waals surface area (Å²) in [6.07, 6.45) is 4.63. The van der Waals surface area contributed by atoms with E-state index in [0.717, 1.165) is 30.6 Å². The van der Waals surface area contributed by atoms with E-state index < -0.39 is 5.97 Å². The summed E-state index contributed by atoms with van der Waals surface area (Å²) in [7, 11) is 0. The smallest absolute Gasteiger partial charge is 0.335 e. The van der Waals surface area contributed by atoms with Gasteiger partial charge >= 0.3 is 5.97 Å². The Balaban J connectivity index is 2.14. The molecule has 22 heavy (non-hydrogen) atoms. The fraction of sp³-hybridized carbons (Fsp3) is 0.412. The number of aromatic nitrogens is 1. The molecule has 1 aromatic heterocycles. The third-order valence-electron chi connectivity index (χ3n) is 3.71. The third kappa shape index (κ3) is 4.10. The molecule has 0 aliphatic heterocycles. The molecule has 0 aliphatic carbocycles. The third-order valence-corrected chi connectivity index (χ3v) is 3.93. The molecule has 0 amide bonds. The van der Waals surface area contributed by atoms with Gasteiger partial charge in [0, 0.05) is 16.9 Å². The fourth-order valence-corrected chi connectivity index (χ4v) is 2.47. The minimum atomic E-state index is -0.944. The van der Waals surface area contributed by atoms with Gasteiger partial charge in [-0.25, -0.2) is 9.78 Å². The first-order chi connectivity index (χ1) is 10.5. The molecule has 0 saturated carbocycles. The lowest BCUT2D eigenvalue weighted by molar-refractivity contribution is 0.0697. The maximum Gasteiger partial charge on any atom is 0.335 e. The standard InChI is InChI=1S/C17H20ClNO3/c1-3-12(5-4-11(2)18)15-10-19-16(22-15)13-6-8-14(9-7-13)17(20)21/h6-12H,3-5H2,1-2H3,(H,20,21). The predicted molar refractivity (Wildman–Crippen MR) is 86.5 cm³/mol. The van der Waals surface area contributed by atoms with Gasteiger partial charge in [0.1, 0.15) is 5.76 Å². The molecule has 1 heterocycles. The summed E-state index contributed by atoms with van der Waals surface area (Å²) in [5.74, 6) is 0.739. The van der Waals surface area contributed by atoms with E-state index >= 15 is 0 Å². The van der Waals surface area contributed by atoms with Crippen LogP contribution in [0, 0.1) is 0 Å². The largest absolute Gasteiger partial charge is 0.478 e. The molecule has 0 bridgehead atoms. The number of alkyl halides is 1. The lowest BCUT2D eigenvalue weighted by Crippen LogP contribution is -2.00. The lowest BCUT2D eigenvalue weighted by atomic mass is 9.97. The number of oxazole rings is 1. The highest BCUT2D eigenvalue weighted by atomic mass is 35.5. The van der Waals surface area contributed by atoms with Gasteiger partial charge in [0.2, 0.25) is 5.89 Å². The zero-order valence-electron chi connectivity index (χ0n) is 12.8. The van der Waals surface area contributed by atoms with Crippen molar-refractivity contribution in [2.45, 2.75) is 44.4 Å². The van der Waals surface area contributed by atoms with E-state index in [4.69, 9.17) is 21.1 Å². The monoisotopic (exact) mass is 321 g/mol. The van der Waals surface area contributed by atoms with Gasteiger partial charge in [0.05, 0.1) is 11.8 Å². The number of benzene rings is 1. The zero-order valence-corrected chi connectivity index (χ0v) is 13.5. The molecule has 1 N–H and O–H groups in total. The topological polar surface area (TPSA) is 63.3 Å². The Kier molecular flexibility index (Phi) is 5.61. The number of hydrogen-bond donors (Lipinski definition) is 1. The van der Waals surface area contributed by atoms with Gasteiger partial charge in [-0.1, -0.05) is 6.92 Å². The Hall–Kier alpha value is -1.81. The number of nitrogens with zero attached hydrogens (tertiary/aromatic N) is 1. The van der Waals surface area contributed by atoms with Crippen molar-refractivity contribution < 1.29 is 14.3 Å². The number of carboxylic acid groups (broad SMARTS) is 1. The van der Waals surface area contributed by atoms with Gasteiger partial charge in [-0.05, 0) is 50.5 Å². The molecule has 4 nitrogen and oxygen atoms in total. The molecule has 0 saturated heterocycles. The quantitative estimate of drug-likeness (QED) is 0.733. The van der Waals surface area contributed by atoms with Gasteiger partial charge in [-0.2, -0.15) is 0 Å². The summed E-state index contributed by atoms with van der Waals surface area (Å²) in [6, 6.07) is 6.52. The van der Waals surface area contributed by atoms with Gasteiger partial charge in [0.15, 0.2) is 0 Å². The van der Waals surface area contributed by atoms with Crippen molar-refractivity contribution in [2.24, 2.45) is 0 Å². The average Bonchev–Trinajstić information content (AvgIpc) is 2.97. The van der Waals surface area contributed by atoms with Gasteiger partial charge in [-0.15, -0.1) is 11.6 Å². The van der Waals surface area contributed by atoms with Crippen molar-refractivity contribution in [3.63, 3.8) is 0 Å². The molecule has 0 radical (unpaired) electrons. The van der Waals surface area contributed by atoms with E-state index in [-0.39, 0.29) is 10.9 Å². The molecular weight excluding hydrogens is 302 g/mol. The van der Waals surface area contributed by atoms with Crippen molar-refractivity contribution in [1.82, 2.24) is 4.98 Å². The molecule has 0 fully saturated rings. The van der Waals surface area contributed by atoms with Crippen LogP contribution in [0.1, 0.15) is 55.1 Å². The predicted octanol–water partition coefficient (Wildman–Crippen LogP) is 4.94. The molecule has 2 unspecified atom stereocenters. The zero-order chi connectivity index (χ0) is 16.1. The van der Waals surface area contributed by atoms with Crippen LogP contribution in [-0.2, 0) is 0 Å². The number of rotatable bonds is 7. The van der Waals surface area contributed by atoms with Crippen LogP contribution in [0.3, 0.4) is 0 Å². The van der Waals surface area contributed by atoms with E-state index in [2.05, 4.69) is 11.9 Å². The summed E-state index contributed by atoms with van der Waals surface area (Å²) < 4.78 is 5.85. The number of halogens is 1. The Morgan fingerprint density at radius 2 is 2.00 bits per heavy atom. The second kappa shape index (κ2) is 7.45. The normalized spacial score (nSPS) is 13.8. The molecular formula is C17H20ClNO3. The van der Waals surface area contributed by atoms with Gasteiger partial charge in [-0.3, -0.25) is 0 Å². The maximum absolute atomic E-state index is 10.9. The van der Waals surface area contributed by atoms with E-state index in [0.29, 0.717) is 11.8 Å². The van der Waals surface area contributed by atoms with E-state index in [1.807, 2.05) is 6.92 Å². The molecule has 1 aromatic carbocycles. The van der Waals surface area contributed by atoms with E-state index in [9.17, 15) is 4.79 Å². The molecule has 0 spiro atoms. The van der Waals surface area contributed by atoms with Crippen LogP contribution >= 0.6 is 11.6 Å². The fourth-order valence-electron chi connectivity index (χ4n) is 2.34. The molecule has 0 aliphatic rings. The van der Waals surface area contributed by atoms with Crippen molar-refractivity contribution in [3.8, 4) is 11.5 Å². The van der Waals surface area contributed by atoms with Crippen LogP contribution in [0.15, 0.2) is 34.9 Å². The SMILES string of the molecule is CCC(CCC(C)Cl)c1cnc(-c2ccc(C(=O)O)cc2)o1. The molecule has 118 valence electrons. The van der Waals surface area contributed by atoms with Gasteiger partial charge in [0.25, 0.3) is 0 Å². The van der Waals surface area contributed by atoms with Crippen molar-refractivity contribution in [3.05, 3.63) is 41.8 Å². The van der Waals surface area contributed by atoms with Crippen LogP contribution < -0.4 is 0 Å². The van der Waals surface area contributed by atoms with Gasteiger partial charge < -0.3 is 9.52 Å². The maximum atomic E-state index is 10.9. The minimum absolute atomic E-state index is 0.153. The van der Waals surface area contributed by atoms with Crippen LogP contribution in [-0.4, -0.2) is 21.4 Å². The van der Waals surface area contributed by atoms with Crippen LogP contribution in [0.25, 0.3) is 11.5 Å². The second-order valence-electron chi connectivity index (χ2n) is 5.41. The second-order valence-corrected chi connectivity index (χ2v) is 6.16. The Morgan fingerprint density at radius 1 is 1.32 bits per heavy atom. The Morgan fingerprint density at radius 3 is 2.55 bits per heavy atom. The van der Waals surface area contributed by atoms with E-state index in [1.54, 1.807) is 30.5 Å². The summed E-state index contributed by atoms with van der Waals surface area (Å²) >= 11 is 6.01. The number of carbonyl (C=O) groups is 1. The molecule has 2 rings (SSSR count). The number of hydrogen-bond acceptors (Lipinski definition) is 3. The summed E-state index contributed by atoms with van der Waals surface area (Å²) in [6.45, 7) is 4.11. The number of carboxylic acids is 1. The highest BCUT2D eigenvalue weighted by Gasteiger charge is 2.16. The summed E-state index contributed by atoms with van der Waals surface area (Å²) in [5.41, 5.74) is 1.02. The first-order valence-electron chi connectivity index (χ1n) is 7.44. The molecule has 5 heteroatoms. The van der Waals surface area contributed by atoms with Crippen molar-refractivity contribution in [2.75, 3.05) is 0 Å². The highest BCUT2D eigenvalue weighted by molar-refractivity contribution is 6.20. The first-order valence-corrected chi connectivity index (χ1v) is 7.88. The number of aromatic carboxylic acids is 1. The Bertz CT molecular complexity index is 619. The highest BCUT2D eigenvalue weighted by Crippen LogP contribution is 2.29. The summed E-state index contributed by atoms with van der Waals surface area (Å²) in [5, 5.41) is 9.06. The van der Waals surface area contributed by atoms with Crippen LogP contribution in [0.5, 0.6) is 0 Å². The minimum Gasteiger partial charge on any atom is -0.478 e. The van der Waals surface area contributed by atoms with Crippen molar-refractivity contribution in [1.29, 1.82) is 0 Å². The first kappa shape index (κ1) is 16.6. The molecule has 2 atom stereocenters. The average molecular weight is 322 g/mol.